The van der Waals surface area contributed by atoms with E-state index in [1.165, 1.54) is 0 Å². The third kappa shape index (κ3) is 3.13. The standard InChI is InChI=1S/C14H25N3O2S/c1-13(2,19)10-16-6-8-17(9-7-16)12(18)14(11(15)20)4-3-5-14/h19H,3-10H2,1-2H3,(H2,15,20). The monoisotopic (exact) mass is 299 g/mol. The van der Waals surface area contributed by atoms with Crippen molar-refractivity contribution < 1.29 is 9.90 Å². The molecule has 0 bridgehead atoms. The van der Waals surface area contributed by atoms with E-state index >= 15 is 0 Å². The largest absolute Gasteiger partial charge is 0.392 e. The summed E-state index contributed by atoms with van der Waals surface area (Å²) in [6, 6.07) is 0. The second-order valence-electron chi connectivity index (χ2n) is 6.68. The van der Waals surface area contributed by atoms with Crippen LogP contribution in [-0.4, -0.2) is 64.1 Å². The fourth-order valence-electron chi connectivity index (χ4n) is 3.05. The summed E-state index contributed by atoms with van der Waals surface area (Å²) in [7, 11) is 0. The smallest absolute Gasteiger partial charge is 0.235 e. The maximum Gasteiger partial charge on any atom is 0.235 e. The predicted molar refractivity (Wildman–Crippen MR) is 82.4 cm³/mol. The molecule has 0 spiro atoms. The summed E-state index contributed by atoms with van der Waals surface area (Å²) in [5.74, 6) is 0.110. The Morgan fingerprint density at radius 3 is 2.20 bits per heavy atom. The van der Waals surface area contributed by atoms with E-state index in [0.717, 1.165) is 32.4 Å². The Morgan fingerprint density at radius 2 is 1.85 bits per heavy atom. The number of nitrogens with zero attached hydrogens (tertiary/aromatic N) is 2. The van der Waals surface area contributed by atoms with Gasteiger partial charge in [-0.25, -0.2) is 0 Å². The van der Waals surface area contributed by atoms with Crippen molar-refractivity contribution in [3.05, 3.63) is 0 Å². The van der Waals surface area contributed by atoms with Crippen LogP contribution >= 0.6 is 12.2 Å². The maximum atomic E-state index is 12.6. The molecule has 0 radical (unpaired) electrons. The molecule has 114 valence electrons. The number of piperazine rings is 1. The zero-order valence-electron chi connectivity index (χ0n) is 12.4. The van der Waals surface area contributed by atoms with Crippen LogP contribution in [0.25, 0.3) is 0 Å². The van der Waals surface area contributed by atoms with Gasteiger partial charge in [-0.1, -0.05) is 18.6 Å². The number of carbonyl (C=O) groups is 1. The number of carbonyl (C=O) groups excluding carboxylic acids is 1. The molecular weight excluding hydrogens is 274 g/mol. The summed E-state index contributed by atoms with van der Waals surface area (Å²) < 4.78 is 0. The zero-order valence-corrected chi connectivity index (χ0v) is 13.2. The number of hydrogen-bond donors (Lipinski definition) is 2. The third-order valence-electron chi connectivity index (χ3n) is 4.36. The lowest BCUT2D eigenvalue weighted by Gasteiger charge is -2.45. The minimum atomic E-state index is -0.694. The highest BCUT2D eigenvalue weighted by atomic mass is 32.1. The van der Waals surface area contributed by atoms with Gasteiger partial charge in [0, 0.05) is 32.7 Å². The van der Waals surface area contributed by atoms with Crippen LogP contribution in [0.3, 0.4) is 0 Å². The van der Waals surface area contributed by atoms with Gasteiger partial charge in [-0.15, -0.1) is 0 Å². The summed E-state index contributed by atoms with van der Waals surface area (Å²) in [4.78, 5) is 17.1. The van der Waals surface area contributed by atoms with E-state index < -0.39 is 11.0 Å². The van der Waals surface area contributed by atoms with E-state index in [9.17, 15) is 9.90 Å². The van der Waals surface area contributed by atoms with Crippen molar-refractivity contribution >= 4 is 23.1 Å². The van der Waals surface area contributed by atoms with Crippen molar-refractivity contribution in [1.82, 2.24) is 9.80 Å². The minimum Gasteiger partial charge on any atom is -0.392 e. The average molecular weight is 299 g/mol. The van der Waals surface area contributed by atoms with Gasteiger partial charge in [0.15, 0.2) is 0 Å². The first-order valence-corrected chi connectivity index (χ1v) is 7.69. The lowest BCUT2D eigenvalue weighted by molar-refractivity contribution is -0.144. The van der Waals surface area contributed by atoms with Crippen molar-refractivity contribution in [1.29, 1.82) is 0 Å². The molecular formula is C14H25N3O2S. The Morgan fingerprint density at radius 1 is 1.30 bits per heavy atom. The molecule has 1 aliphatic heterocycles. The summed E-state index contributed by atoms with van der Waals surface area (Å²) in [5.41, 5.74) is 4.54. The van der Waals surface area contributed by atoms with Gasteiger partial charge in [-0.05, 0) is 26.7 Å². The molecule has 1 saturated carbocycles. The highest BCUT2D eigenvalue weighted by molar-refractivity contribution is 7.80. The second-order valence-corrected chi connectivity index (χ2v) is 7.12. The Kier molecular flexibility index (Phi) is 4.37. The van der Waals surface area contributed by atoms with Crippen LogP contribution in [0.5, 0.6) is 0 Å². The van der Waals surface area contributed by atoms with Crippen LogP contribution < -0.4 is 5.73 Å². The van der Waals surface area contributed by atoms with Crippen LogP contribution in [0.4, 0.5) is 0 Å². The summed E-state index contributed by atoms with van der Waals surface area (Å²) in [6.07, 6.45) is 2.62. The lowest BCUT2D eigenvalue weighted by atomic mass is 9.67. The first kappa shape index (κ1) is 15.7. The molecule has 0 atom stereocenters. The van der Waals surface area contributed by atoms with Gasteiger partial charge in [0.25, 0.3) is 0 Å². The van der Waals surface area contributed by atoms with E-state index in [1.54, 1.807) is 13.8 Å². The van der Waals surface area contributed by atoms with Gasteiger partial charge in [-0.2, -0.15) is 0 Å². The first-order chi connectivity index (χ1) is 9.24. The number of β-amino-alcohol motifs (C(OH)–C–C–N with tert-alkyl or cyclic N) is 1. The molecule has 0 unspecified atom stereocenters. The first-order valence-electron chi connectivity index (χ1n) is 7.29. The Hall–Kier alpha value is -0.720. The average Bonchev–Trinajstić information content (AvgIpc) is 2.25. The van der Waals surface area contributed by atoms with Crippen molar-refractivity contribution in [2.45, 2.75) is 38.7 Å². The van der Waals surface area contributed by atoms with Crippen LogP contribution in [0.1, 0.15) is 33.1 Å². The topological polar surface area (TPSA) is 69.8 Å². The Labute approximate surface area is 126 Å². The van der Waals surface area contributed by atoms with Gasteiger partial charge in [0.05, 0.1) is 16.0 Å². The molecule has 6 heteroatoms. The number of hydrogen-bond acceptors (Lipinski definition) is 4. The highest BCUT2D eigenvalue weighted by Crippen LogP contribution is 2.43. The molecule has 0 aromatic heterocycles. The minimum absolute atomic E-state index is 0.110. The van der Waals surface area contributed by atoms with Gasteiger partial charge < -0.3 is 15.7 Å². The van der Waals surface area contributed by atoms with Gasteiger partial charge >= 0.3 is 0 Å². The van der Waals surface area contributed by atoms with Gasteiger partial charge in [0.1, 0.15) is 0 Å². The number of nitrogens with two attached hydrogens (primary N) is 1. The van der Waals surface area contributed by atoms with Crippen LogP contribution in [0, 0.1) is 5.41 Å². The van der Waals surface area contributed by atoms with E-state index in [4.69, 9.17) is 18.0 Å². The molecule has 3 N–H and O–H groups in total. The molecule has 5 nitrogen and oxygen atoms in total. The predicted octanol–water partition coefficient (Wildman–Crippen LogP) is 0.358. The molecule has 2 aliphatic rings. The zero-order chi connectivity index (χ0) is 15.0. The van der Waals surface area contributed by atoms with Gasteiger partial charge in [-0.3, -0.25) is 9.69 Å². The van der Waals surface area contributed by atoms with E-state index in [-0.39, 0.29) is 5.91 Å². The second kappa shape index (κ2) is 5.58. The van der Waals surface area contributed by atoms with Crippen molar-refractivity contribution in [3.63, 3.8) is 0 Å². The quantitative estimate of drug-likeness (QED) is 0.734. The molecule has 1 saturated heterocycles. The number of aliphatic hydroxyl groups is 1. The number of rotatable bonds is 4. The lowest BCUT2D eigenvalue weighted by Crippen LogP contribution is -2.59. The summed E-state index contributed by atoms with van der Waals surface area (Å²) in [5, 5.41) is 9.84. The van der Waals surface area contributed by atoms with E-state index in [1.807, 2.05) is 4.90 Å². The molecule has 0 aromatic carbocycles. The maximum absolute atomic E-state index is 12.6. The Bertz CT molecular complexity index is 394. The Balaban J connectivity index is 1.91. The molecule has 1 amide bonds. The van der Waals surface area contributed by atoms with Crippen LogP contribution in [-0.2, 0) is 4.79 Å². The van der Waals surface area contributed by atoms with Gasteiger partial charge in [0.2, 0.25) is 5.91 Å². The molecule has 2 fully saturated rings. The van der Waals surface area contributed by atoms with Crippen molar-refractivity contribution in [2.24, 2.45) is 11.1 Å². The van der Waals surface area contributed by atoms with Crippen molar-refractivity contribution in [2.75, 3.05) is 32.7 Å². The summed E-state index contributed by atoms with van der Waals surface area (Å²) >= 11 is 5.11. The molecule has 2 rings (SSSR count). The fourth-order valence-corrected chi connectivity index (χ4v) is 3.35. The normalized spacial score (nSPS) is 23.2. The van der Waals surface area contributed by atoms with Crippen LogP contribution in [0.2, 0.25) is 0 Å². The molecule has 1 heterocycles. The number of thiocarbonyl (C=S) groups is 1. The molecule has 0 aromatic rings. The molecule has 1 aliphatic carbocycles. The number of amides is 1. The fraction of sp³-hybridized carbons (Fsp3) is 0.857. The van der Waals surface area contributed by atoms with E-state index in [2.05, 4.69) is 4.90 Å². The summed E-state index contributed by atoms with van der Waals surface area (Å²) in [6.45, 7) is 7.22. The third-order valence-corrected chi connectivity index (χ3v) is 4.75. The van der Waals surface area contributed by atoms with Crippen molar-refractivity contribution in [3.8, 4) is 0 Å². The van der Waals surface area contributed by atoms with E-state index in [0.29, 0.717) is 24.6 Å². The molecule has 20 heavy (non-hydrogen) atoms. The van der Waals surface area contributed by atoms with Crippen LogP contribution in [0.15, 0.2) is 0 Å². The highest BCUT2D eigenvalue weighted by Gasteiger charge is 2.49. The SMILES string of the molecule is CC(C)(O)CN1CCN(C(=O)C2(C(N)=S)CCC2)CC1.